The molecule has 0 aliphatic carbocycles. The molecule has 1 fully saturated rings. The maximum absolute atomic E-state index is 12.7. The highest BCUT2D eigenvalue weighted by Gasteiger charge is 2.25. The molecule has 1 heterocycles. The lowest BCUT2D eigenvalue weighted by Crippen LogP contribution is -2.36. The van der Waals surface area contributed by atoms with Gasteiger partial charge in [-0.3, -0.25) is 9.59 Å². The SMILES string of the molecule is CCOc1ccc(C(=O)NCC(=O)NCc2ccc(S(=O)(=O)N3CCCCC3)cc2)cc1. The van der Waals surface area contributed by atoms with Crippen LogP contribution in [0.5, 0.6) is 5.75 Å². The molecule has 1 saturated heterocycles. The molecule has 8 nitrogen and oxygen atoms in total. The number of nitrogens with zero attached hydrogens (tertiary/aromatic N) is 1. The summed E-state index contributed by atoms with van der Waals surface area (Å²) in [5.41, 5.74) is 1.21. The molecule has 2 aromatic rings. The molecule has 32 heavy (non-hydrogen) atoms. The second-order valence-electron chi connectivity index (χ2n) is 7.53. The van der Waals surface area contributed by atoms with Crippen LogP contribution in [0.4, 0.5) is 0 Å². The van der Waals surface area contributed by atoms with Crippen LogP contribution in [0, 0.1) is 0 Å². The van der Waals surface area contributed by atoms with Crippen LogP contribution in [0.3, 0.4) is 0 Å². The third-order valence-corrected chi connectivity index (χ3v) is 7.12. The Morgan fingerprint density at radius 1 is 0.938 bits per heavy atom. The van der Waals surface area contributed by atoms with Crippen molar-refractivity contribution in [1.29, 1.82) is 0 Å². The van der Waals surface area contributed by atoms with Crippen LogP contribution in [0.2, 0.25) is 0 Å². The Balaban J connectivity index is 1.46. The normalized spacial score (nSPS) is 14.5. The van der Waals surface area contributed by atoms with E-state index in [1.54, 1.807) is 48.5 Å². The molecule has 0 unspecified atom stereocenters. The van der Waals surface area contributed by atoms with Crippen molar-refractivity contribution >= 4 is 21.8 Å². The Labute approximate surface area is 189 Å². The Hall–Kier alpha value is -2.91. The van der Waals surface area contributed by atoms with E-state index in [0.717, 1.165) is 24.8 Å². The zero-order valence-corrected chi connectivity index (χ0v) is 19.0. The molecule has 2 aromatic carbocycles. The van der Waals surface area contributed by atoms with Gasteiger partial charge in [-0.2, -0.15) is 4.31 Å². The van der Waals surface area contributed by atoms with Gasteiger partial charge in [0.1, 0.15) is 5.75 Å². The van der Waals surface area contributed by atoms with Gasteiger partial charge in [-0.05, 0) is 61.7 Å². The van der Waals surface area contributed by atoms with Crippen molar-refractivity contribution in [2.75, 3.05) is 26.2 Å². The summed E-state index contributed by atoms with van der Waals surface area (Å²) in [6.45, 7) is 3.62. The second-order valence-corrected chi connectivity index (χ2v) is 9.46. The van der Waals surface area contributed by atoms with E-state index in [1.165, 1.54) is 4.31 Å². The van der Waals surface area contributed by atoms with E-state index in [9.17, 15) is 18.0 Å². The number of nitrogens with one attached hydrogen (secondary N) is 2. The molecule has 0 saturated carbocycles. The number of piperidine rings is 1. The van der Waals surface area contributed by atoms with Crippen LogP contribution >= 0.6 is 0 Å². The third-order valence-electron chi connectivity index (χ3n) is 5.20. The summed E-state index contributed by atoms with van der Waals surface area (Å²) in [7, 11) is -3.47. The Morgan fingerprint density at radius 2 is 1.59 bits per heavy atom. The topological polar surface area (TPSA) is 105 Å². The molecule has 9 heteroatoms. The summed E-state index contributed by atoms with van der Waals surface area (Å²) >= 11 is 0. The minimum atomic E-state index is -3.47. The molecule has 0 radical (unpaired) electrons. The first-order valence-corrected chi connectivity index (χ1v) is 12.2. The highest BCUT2D eigenvalue weighted by molar-refractivity contribution is 7.89. The zero-order chi connectivity index (χ0) is 23.0. The van der Waals surface area contributed by atoms with Gasteiger partial charge in [0.05, 0.1) is 18.0 Å². The first-order chi connectivity index (χ1) is 15.4. The molecular formula is C23H29N3O5S. The summed E-state index contributed by atoms with van der Waals surface area (Å²) in [4.78, 5) is 24.5. The fourth-order valence-electron chi connectivity index (χ4n) is 3.43. The first kappa shape index (κ1) is 23.7. The molecule has 2 amide bonds. The number of ether oxygens (including phenoxy) is 1. The van der Waals surface area contributed by atoms with Crippen LogP contribution in [-0.4, -0.2) is 50.8 Å². The summed E-state index contributed by atoms with van der Waals surface area (Å²) in [6, 6.07) is 13.2. The minimum absolute atomic E-state index is 0.159. The molecule has 3 rings (SSSR count). The van der Waals surface area contributed by atoms with Crippen LogP contribution in [-0.2, 0) is 21.4 Å². The summed E-state index contributed by atoms with van der Waals surface area (Å²) in [6.07, 6.45) is 2.84. The van der Waals surface area contributed by atoms with E-state index in [0.29, 0.717) is 31.0 Å². The highest BCUT2D eigenvalue weighted by atomic mass is 32.2. The molecule has 0 atom stereocenters. The number of amides is 2. The van der Waals surface area contributed by atoms with Gasteiger partial charge in [-0.15, -0.1) is 0 Å². The number of hydrogen-bond donors (Lipinski definition) is 2. The van der Waals surface area contributed by atoms with Crippen molar-refractivity contribution in [2.45, 2.75) is 37.6 Å². The van der Waals surface area contributed by atoms with Crippen molar-refractivity contribution in [1.82, 2.24) is 14.9 Å². The molecular weight excluding hydrogens is 430 g/mol. The number of hydrogen-bond acceptors (Lipinski definition) is 5. The van der Waals surface area contributed by atoms with E-state index in [-0.39, 0.29) is 29.8 Å². The van der Waals surface area contributed by atoms with E-state index < -0.39 is 10.0 Å². The van der Waals surface area contributed by atoms with Crippen LogP contribution in [0.1, 0.15) is 42.1 Å². The van der Waals surface area contributed by atoms with Crippen molar-refractivity contribution < 1.29 is 22.7 Å². The zero-order valence-electron chi connectivity index (χ0n) is 18.2. The van der Waals surface area contributed by atoms with Gasteiger partial charge >= 0.3 is 0 Å². The minimum Gasteiger partial charge on any atom is -0.494 e. The van der Waals surface area contributed by atoms with Gasteiger partial charge in [0, 0.05) is 25.2 Å². The van der Waals surface area contributed by atoms with E-state index in [1.807, 2.05) is 6.92 Å². The monoisotopic (exact) mass is 459 g/mol. The van der Waals surface area contributed by atoms with E-state index >= 15 is 0 Å². The predicted molar refractivity (Wildman–Crippen MR) is 121 cm³/mol. The predicted octanol–water partition coefficient (Wildman–Crippen LogP) is 2.31. The second kappa shape index (κ2) is 11.1. The highest BCUT2D eigenvalue weighted by Crippen LogP contribution is 2.20. The first-order valence-electron chi connectivity index (χ1n) is 10.8. The van der Waals surface area contributed by atoms with Crippen LogP contribution in [0.15, 0.2) is 53.4 Å². The smallest absolute Gasteiger partial charge is 0.251 e. The molecule has 0 aromatic heterocycles. The van der Waals surface area contributed by atoms with Gasteiger partial charge in [-0.25, -0.2) is 8.42 Å². The van der Waals surface area contributed by atoms with Gasteiger partial charge in [0.2, 0.25) is 15.9 Å². The molecule has 172 valence electrons. The van der Waals surface area contributed by atoms with Crippen LogP contribution in [0.25, 0.3) is 0 Å². The van der Waals surface area contributed by atoms with Gasteiger partial charge in [-0.1, -0.05) is 18.6 Å². The summed E-state index contributed by atoms with van der Waals surface area (Å²) in [5.74, 6) is -0.0127. The number of benzene rings is 2. The van der Waals surface area contributed by atoms with Crippen molar-refractivity contribution in [3.05, 3.63) is 59.7 Å². The van der Waals surface area contributed by atoms with E-state index in [4.69, 9.17) is 4.74 Å². The van der Waals surface area contributed by atoms with E-state index in [2.05, 4.69) is 10.6 Å². The fraction of sp³-hybridized carbons (Fsp3) is 0.391. The molecule has 1 aliphatic rings. The van der Waals surface area contributed by atoms with Crippen molar-refractivity contribution in [2.24, 2.45) is 0 Å². The number of rotatable bonds is 9. The van der Waals surface area contributed by atoms with Crippen LogP contribution < -0.4 is 15.4 Å². The number of carbonyl (C=O) groups is 2. The Bertz CT molecular complexity index is 1010. The lowest BCUT2D eigenvalue weighted by molar-refractivity contribution is -0.120. The lowest BCUT2D eigenvalue weighted by Gasteiger charge is -2.25. The quantitative estimate of drug-likeness (QED) is 0.599. The fourth-order valence-corrected chi connectivity index (χ4v) is 4.95. The molecule has 2 N–H and O–H groups in total. The third kappa shape index (κ3) is 6.30. The van der Waals surface area contributed by atoms with Gasteiger partial charge in [0.15, 0.2) is 0 Å². The van der Waals surface area contributed by atoms with Gasteiger partial charge in [0.25, 0.3) is 5.91 Å². The average Bonchev–Trinajstić information content (AvgIpc) is 2.82. The Kier molecular flexibility index (Phi) is 8.24. The Morgan fingerprint density at radius 3 is 2.22 bits per heavy atom. The number of sulfonamides is 1. The maximum Gasteiger partial charge on any atom is 0.251 e. The molecule has 0 spiro atoms. The average molecular weight is 460 g/mol. The largest absolute Gasteiger partial charge is 0.494 e. The summed E-state index contributed by atoms with van der Waals surface area (Å²) < 4.78 is 32.2. The maximum atomic E-state index is 12.7. The standard InChI is InChI=1S/C23H29N3O5S/c1-2-31-20-10-8-19(9-11-20)23(28)25-17-22(27)24-16-18-6-12-21(13-7-18)32(29,30)26-14-4-3-5-15-26/h6-13H,2-5,14-17H2,1H3,(H,24,27)(H,25,28). The van der Waals surface area contributed by atoms with Crippen molar-refractivity contribution in [3.63, 3.8) is 0 Å². The lowest BCUT2D eigenvalue weighted by atomic mass is 10.2. The molecule has 0 bridgehead atoms. The van der Waals surface area contributed by atoms with Gasteiger partial charge < -0.3 is 15.4 Å². The summed E-state index contributed by atoms with van der Waals surface area (Å²) in [5, 5.41) is 5.29. The number of carbonyl (C=O) groups excluding carboxylic acids is 2. The molecule has 1 aliphatic heterocycles. The van der Waals surface area contributed by atoms with Crippen molar-refractivity contribution in [3.8, 4) is 5.75 Å².